The summed E-state index contributed by atoms with van der Waals surface area (Å²) in [6, 6.07) is 4.28. The average Bonchev–Trinajstić information content (AvgIpc) is 2.41. The van der Waals surface area contributed by atoms with E-state index in [1.165, 1.54) is 5.56 Å². The molecule has 5 heteroatoms. The highest BCUT2D eigenvalue weighted by Gasteiger charge is 2.09. The van der Waals surface area contributed by atoms with Crippen LogP contribution in [0.1, 0.15) is 18.1 Å². The second-order valence-electron chi connectivity index (χ2n) is 5.21. The van der Waals surface area contributed by atoms with Crippen LogP contribution in [0.4, 0.5) is 11.8 Å². The number of rotatable bonds is 5. The largest absolute Gasteiger partial charge is 0.362 e. The van der Waals surface area contributed by atoms with Gasteiger partial charge in [-0.1, -0.05) is 6.07 Å². The molecule has 0 spiro atoms. The highest BCUT2D eigenvalue weighted by Crippen LogP contribution is 2.16. The lowest BCUT2D eigenvalue weighted by molar-refractivity contribution is 0.773. The second kappa shape index (κ2) is 6.32. The van der Waals surface area contributed by atoms with Crippen LogP contribution in [-0.4, -0.2) is 35.1 Å². The van der Waals surface area contributed by atoms with E-state index in [1.807, 2.05) is 44.4 Å². The fourth-order valence-corrected chi connectivity index (χ4v) is 2.10. The maximum atomic E-state index is 4.54. The topological polar surface area (TPSA) is 53.9 Å². The Balaban J connectivity index is 2.04. The third-order valence-electron chi connectivity index (χ3n) is 3.01. The zero-order valence-corrected chi connectivity index (χ0v) is 12.5. The first-order valence-electron chi connectivity index (χ1n) is 6.72. The SMILES string of the molecule is Cc1cnc(N[C@@H](C)Cc2cccnc2)nc1N(C)C. The summed E-state index contributed by atoms with van der Waals surface area (Å²) in [5.41, 5.74) is 2.27. The molecule has 20 heavy (non-hydrogen) atoms. The molecule has 2 aromatic rings. The summed E-state index contributed by atoms with van der Waals surface area (Å²) >= 11 is 0. The van der Waals surface area contributed by atoms with Gasteiger partial charge < -0.3 is 10.2 Å². The summed E-state index contributed by atoms with van der Waals surface area (Å²) in [5.74, 6) is 1.60. The molecule has 2 heterocycles. The summed E-state index contributed by atoms with van der Waals surface area (Å²) < 4.78 is 0. The number of hydrogen-bond donors (Lipinski definition) is 1. The number of aromatic nitrogens is 3. The van der Waals surface area contributed by atoms with Crippen molar-refractivity contribution in [3.05, 3.63) is 41.9 Å². The maximum absolute atomic E-state index is 4.54. The molecule has 0 aromatic carbocycles. The summed E-state index contributed by atoms with van der Waals surface area (Å²) in [6.07, 6.45) is 6.41. The zero-order valence-electron chi connectivity index (χ0n) is 12.5. The molecule has 1 atom stereocenters. The third-order valence-corrected chi connectivity index (χ3v) is 3.01. The third kappa shape index (κ3) is 3.66. The molecule has 0 unspecified atom stereocenters. The van der Waals surface area contributed by atoms with E-state index in [4.69, 9.17) is 0 Å². The van der Waals surface area contributed by atoms with Crippen LogP contribution in [-0.2, 0) is 6.42 Å². The van der Waals surface area contributed by atoms with Gasteiger partial charge in [0.05, 0.1) is 0 Å². The predicted octanol–water partition coefficient (Wildman–Crippen LogP) is 2.29. The van der Waals surface area contributed by atoms with Gasteiger partial charge in [-0.15, -0.1) is 0 Å². The maximum Gasteiger partial charge on any atom is 0.224 e. The molecular weight excluding hydrogens is 250 g/mol. The van der Waals surface area contributed by atoms with Crippen LogP contribution in [0.5, 0.6) is 0 Å². The molecule has 5 nitrogen and oxygen atoms in total. The molecule has 106 valence electrons. The van der Waals surface area contributed by atoms with Crippen LogP contribution in [0.3, 0.4) is 0 Å². The first-order valence-corrected chi connectivity index (χ1v) is 6.72. The van der Waals surface area contributed by atoms with E-state index in [0.717, 1.165) is 17.8 Å². The van der Waals surface area contributed by atoms with Gasteiger partial charge in [-0.25, -0.2) is 4.98 Å². The van der Waals surface area contributed by atoms with Crippen molar-refractivity contribution in [2.45, 2.75) is 26.3 Å². The molecule has 0 aliphatic carbocycles. The number of nitrogens with one attached hydrogen (secondary N) is 1. The van der Waals surface area contributed by atoms with E-state index in [2.05, 4.69) is 33.3 Å². The van der Waals surface area contributed by atoms with Crippen LogP contribution in [0.25, 0.3) is 0 Å². The summed E-state index contributed by atoms with van der Waals surface area (Å²) in [4.78, 5) is 15.0. The van der Waals surface area contributed by atoms with Gasteiger partial charge in [0.25, 0.3) is 0 Å². The lowest BCUT2D eigenvalue weighted by Gasteiger charge is -2.17. The van der Waals surface area contributed by atoms with Crippen LogP contribution < -0.4 is 10.2 Å². The molecular formula is C15H21N5. The molecule has 0 aliphatic rings. The summed E-state index contributed by atoms with van der Waals surface area (Å²) in [6.45, 7) is 4.13. The van der Waals surface area contributed by atoms with E-state index >= 15 is 0 Å². The average molecular weight is 271 g/mol. The summed E-state index contributed by atoms with van der Waals surface area (Å²) in [7, 11) is 3.97. The first kappa shape index (κ1) is 14.2. The van der Waals surface area contributed by atoms with Crippen molar-refractivity contribution < 1.29 is 0 Å². The monoisotopic (exact) mass is 271 g/mol. The van der Waals surface area contributed by atoms with Crippen molar-refractivity contribution in [3.8, 4) is 0 Å². The van der Waals surface area contributed by atoms with Crippen molar-refractivity contribution in [1.82, 2.24) is 15.0 Å². The minimum absolute atomic E-state index is 0.247. The Bertz CT molecular complexity index is 553. The molecule has 0 aliphatic heterocycles. The Morgan fingerprint density at radius 1 is 1.30 bits per heavy atom. The fraction of sp³-hybridized carbons (Fsp3) is 0.400. The van der Waals surface area contributed by atoms with Gasteiger partial charge in [-0.2, -0.15) is 4.98 Å². The molecule has 2 rings (SSSR count). The highest BCUT2D eigenvalue weighted by molar-refractivity contribution is 5.47. The number of anilines is 2. The zero-order chi connectivity index (χ0) is 14.5. The fourth-order valence-electron chi connectivity index (χ4n) is 2.10. The highest BCUT2D eigenvalue weighted by atomic mass is 15.2. The van der Waals surface area contributed by atoms with E-state index in [9.17, 15) is 0 Å². The molecule has 0 fully saturated rings. The minimum atomic E-state index is 0.247. The van der Waals surface area contributed by atoms with Crippen molar-refractivity contribution in [1.29, 1.82) is 0 Å². The van der Waals surface area contributed by atoms with Gasteiger partial charge >= 0.3 is 0 Å². The van der Waals surface area contributed by atoms with Gasteiger partial charge in [0.1, 0.15) is 5.82 Å². The Hall–Kier alpha value is -2.17. The van der Waals surface area contributed by atoms with E-state index < -0.39 is 0 Å². The molecule has 0 saturated carbocycles. The Morgan fingerprint density at radius 3 is 2.75 bits per heavy atom. The van der Waals surface area contributed by atoms with Gasteiger partial charge in [-0.05, 0) is 31.9 Å². The van der Waals surface area contributed by atoms with Crippen molar-refractivity contribution >= 4 is 11.8 Å². The molecule has 0 amide bonds. The molecule has 0 bridgehead atoms. The van der Waals surface area contributed by atoms with Crippen molar-refractivity contribution in [2.24, 2.45) is 0 Å². The molecule has 0 radical (unpaired) electrons. The molecule has 2 aromatic heterocycles. The Kier molecular flexibility index (Phi) is 4.50. The van der Waals surface area contributed by atoms with Crippen LogP contribution in [0.15, 0.2) is 30.7 Å². The molecule has 0 saturated heterocycles. The van der Waals surface area contributed by atoms with Gasteiger partial charge in [0.15, 0.2) is 0 Å². The van der Waals surface area contributed by atoms with E-state index in [-0.39, 0.29) is 6.04 Å². The van der Waals surface area contributed by atoms with Crippen LogP contribution in [0, 0.1) is 6.92 Å². The summed E-state index contributed by atoms with van der Waals surface area (Å²) in [5, 5.41) is 3.34. The predicted molar refractivity (Wildman–Crippen MR) is 82.1 cm³/mol. The Morgan fingerprint density at radius 2 is 2.10 bits per heavy atom. The Labute approximate surface area is 120 Å². The van der Waals surface area contributed by atoms with Gasteiger partial charge in [-0.3, -0.25) is 4.98 Å². The standard InChI is InChI=1S/C15H21N5/c1-11-9-17-15(19-14(11)20(3)4)18-12(2)8-13-6-5-7-16-10-13/h5-7,9-10,12H,8H2,1-4H3,(H,17,18,19)/t12-/m0/s1. The van der Waals surface area contributed by atoms with E-state index in [1.54, 1.807) is 6.20 Å². The smallest absolute Gasteiger partial charge is 0.224 e. The number of hydrogen-bond acceptors (Lipinski definition) is 5. The van der Waals surface area contributed by atoms with Gasteiger partial charge in [0, 0.05) is 44.3 Å². The van der Waals surface area contributed by atoms with Crippen molar-refractivity contribution in [3.63, 3.8) is 0 Å². The van der Waals surface area contributed by atoms with E-state index in [0.29, 0.717) is 5.95 Å². The number of aryl methyl sites for hydroxylation is 1. The first-order chi connectivity index (χ1) is 9.56. The van der Waals surface area contributed by atoms with Crippen LogP contribution >= 0.6 is 0 Å². The molecule has 1 N–H and O–H groups in total. The lowest BCUT2D eigenvalue weighted by atomic mass is 10.1. The van der Waals surface area contributed by atoms with Gasteiger partial charge in [0.2, 0.25) is 5.95 Å². The normalized spacial score (nSPS) is 12.0. The second-order valence-corrected chi connectivity index (χ2v) is 5.21. The minimum Gasteiger partial charge on any atom is -0.362 e. The van der Waals surface area contributed by atoms with Crippen molar-refractivity contribution in [2.75, 3.05) is 24.3 Å². The number of nitrogens with zero attached hydrogens (tertiary/aromatic N) is 4. The lowest BCUT2D eigenvalue weighted by Crippen LogP contribution is -2.21. The quantitative estimate of drug-likeness (QED) is 0.904. The van der Waals surface area contributed by atoms with Crippen LogP contribution in [0.2, 0.25) is 0 Å². The number of pyridine rings is 1.